The van der Waals surface area contributed by atoms with Gasteiger partial charge in [-0.05, 0) is 36.4 Å². The number of nitrogens with zero attached hydrogens (tertiary/aromatic N) is 2. The van der Waals surface area contributed by atoms with Crippen LogP contribution in [0.5, 0.6) is 0 Å². The van der Waals surface area contributed by atoms with E-state index in [4.69, 9.17) is 0 Å². The molecule has 1 aromatic carbocycles. The Balaban J connectivity index is 1.74. The minimum Gasteiger partial charge on any atom is -0.352 e. The van der Waals surface area contributed by atoms with Crippen molar-refractivity contribution in [3.63, 3.8) is 0 Å². The Morgan fingerprint density at radius 2 is 2.19 bits per heavy atom. The number of pyridine rings is 1. The second-order valence-electron chi connectivity index (χ2n) is 6.18. The first-order valence-corrected chi connectivity index (χ1v) is 9.75. The van der Waals surface area contributed by atoms with E-state index >= 15 is 0 Å². The van der Waals surface area contributed by atoms with Gasteiger partial charge >= 0.3 is 6.03 Å². The molecule has 1 aliphatic rings. The van der Waals surface area contributed by atoms with Crippen LogP contribution >= 0.6 is 11.8 Å². The van der Waals surface area contributed by atoms with Crippen LogP contribution in [0.25, 0.3) is 0 Å². The molecule has 2 N–H and O–H groups in total. The van der Waals surface area contributed by atoms with Gasteiger partial charge in [-0.25, -0.2) is 4.79 Å². The van der Waals surface area contributed by atoms with Crippen LogP contribution in [0.15, 0.2) is 53.7 Å². The third-order valence-electron chi connectivity index (χ3n) is 4.26. The van der Waals surface area contributed by atoms with Gasteiger partial charge in [-0.1, -0.05) is 18.2 Å². The fourth-order valence-corrected chi connectivity index (χ4v) is 3.51. The quantitative estimate of drug-likeness (QED) is 0.766. The highest BCUT2D eigenvalue weighted by molar-refractivity contribution is 7.98. The standard InChI is InChI=1S/C19H22N4O2S/c1-26-17-7-3-2-6-16(17)22-19(25)23(12-14-5-4-10-20-11-14)13-15-8-9-18(24)21-15/h2-7,10-11,15H,8-9,12-13H2,1H3,(H,21,24)(H,22,25). The lowest BCUT2D eigenvalue weighted by Gasteiger charge is -2.26. The zero-order valence-corrected chi connectivity index (χ0v) is 15.5. The van der Waals surface area contributed by atoms with Crippen molar-refractivity contribution in [2.24, 2.45) is 0 Å². The van der Waals surface area contributed by atoms with Crippen molar-refractivity contribution < 1.29 is 9.59 Å². The van der Waals surface area contributed by atoms with Crippen molar-refractivity contribution in [1.82, 2.24) is 15.2 Å². The van der Waals surface area contributed by atoms with E-state index in [1.807, 2.05) is 42.7 Å². The number of carbonyl (C=O) groups excluding carboxylic acids is 2. The number of aromatic nitrogens is 1. The minimum absolute atomic E-state index is 0.0132. The number of rotatable bonds is 6. The maximum atomic E-state index is 12.9. The average molecular weight is 370 g/mol. The zero-order valence-electron chi connectivity index (χ0n) is 14.6. The van der Waals surface area contributed by atoms with E-state index in [2.05, 4.69) is 15.6 Å². The van der Waals surface area contributed by atoms with E-state index in [9.17, 15) is 9.59 Å². The number of thioether (sulfide) groups is 1. The number of carbonyl (C=O) groups is 2. The molecule has 2 heterocycles. The molecule has 6 nitrogen and oxygen atoms in total. The summed E-state index contributed by atoms with van der Waals surface area (Å²) in [5.41, 5.74) is 1.74. The average Bonchev–Trinajstić information content (AvgIpc) is 3.07. The predicted octanol–water partition coefficient (Wildman–Crippen LogP) is 3.12. The van der Waals surface area contributed by atoms with Gasteiger partial charge < -0.3 is 15.5 Å². The largest absolute Gasteiger partial charge is 0.352 e. The molecule has 0 aliphatic carbocycles. The molecular weight excluding hydrogens is 348 g/mol. The Bertz CT molecular complexity index is 769. The number of urea groups is 1. The fourth-order valence-electron chi connectivity index (χ4n) is 2.95. The molecule has 1 unspecified atom stereocenters. The summed E-state index contributed by atoms with van der Waals surface area (Å²) in [5.74, 6) is 0.0458. The molecule has 0 saturated carbocycles. The summed E-state index contributed by atoms with van der Waals surface area (Å²) in [6.07, 6.45) is 6.70. The van der Waals surface area contributed by atoms with Gasteiger partial charge in [-0.2, -0.15) is 0 Å². The van der Waals surface area contributed by atoms with Gasteiger partial charge in [-0.15, -0.1) is 11.8 Å². The molecule has 26 heavy (non-hydrogen) atoms. The van der Waals surface area contributed by atoms with Crippen molar-refractivity contribution in [1.29, 1.82) is 0 Å². The summed E-state index contributed by atoms with van der Waals surface area (Å²) >= 11 is 1.59. The van der Waals surface area contributed by atoms with Crippen molar-refractivity contribution in [2.75, 3.05) is 18.1 Å². The fraction of sp³-hybridized carbons (Fsp3) is 0.316. The van der Waals surface area contributed by atoms with Crippen LogP contribution in [-0.4, -0.2) is 40.7 Å². The molecular formula is C19H22N4O2S. The number of hydrogen-bond acceptors (Lipinski definition) is 4. The lowest BCUT2D eigenvalue weighted by atomic mass is 10.2. The molecule has 1 saturated heterocycles. The van der Waals surface area contributed by atoms with E-state index in [1.165, 1.54) is 0 Å². The summed E-state index contributed by atoms with van der Waals surface area (Å²) in [6.45, 7) is 0.904. The Hall–Kier alpha value is -2.54. The maximum Gasteiger partial charge on any atom is 0.322 e. The monoisotopic (exact) mass is 370 g/mol. The number of amides is 3. The van der Waals surface area contributed by atoms with Gasteiger partial charge in [0.25, 0.3) is 0 Å². The van der Waals surface area contributed by atoms with Gasteiger partial charge in [0.1, 0.15) is 0 Å². The molecule has 0 bridgehead atoms. The second kappa shape index (κ2) is 8.71. The third-order valence-corrected chi connectivity index (χ3v) is 5.05. The summed E-state index contributed by atoms with van der Waals surface area (Å²) in [7, 11) is 0. The van der Waals surface area contributed by atoms with Crippen LogP contribution in [-0.2, 0) is 11.3 Å². The van der Waals surface area contributed by atoms with Crippen molar-refractivity contribution in [3.8, 4) is 0 Å². The van der Waals surface area contributed by atoms with Crippen LogP contribution in [0.3, 0.4) is 0 Å². The van der Waals surface area contributed by atoms with E-state index in [1.54, 1.807) is 29.1 Å². The minimum atomic E-state index is -0.184. The van der Waals surface area contributed by atoms with Gasteiger partial charge in [0.15, 0.2) is 0 Å². The first-order chi connectivity index (χ1) is 12.7. The number of para-hydroxylation sites is 1. The maximum absolute atomic E-state index is 12.9. The van der Waals surface area contributed by atoms with E-state index in [0.29, 0.717) is 19.5 Å². The van der Waals surface area contributed by atoms with Crippen LogP contribution in [0, 0.1) is 0 Å². The molecule has 1 fully saturated rings. The number of benzene rings is 1. The lowest BCUT2D eigenvalue weighted by molar-refractivity contribution is -0.119. The first-order valence-electron chi connectivity index (χ1n) is 8.53. The van der Waals surface area contributed by atoms with Gasteiger partial charge in [-0.3, -0.25) is 9.78 Å². The van der Waals surface area contributed by atoms with E-state index in [0.717, 1.165) is 22.6 Å². The van der Waals surface area contributed by atoms with Crippen LogP contribution in [0.4, 0.5) is 10.5 Å². The van der Waals surface area contributed by atoms with Gasteiger partial charge in [0, 0.05) is 42.8 Å². The predicted molar refractivity (Wildman–Crippen MR) is 103 cm³/mol. The summed E-state index contributed by atoms with van der Waals surface area (Å²) in [6, 6.07) is 11.3. The van der Waals surface area contributed by atoms with E-state index in [-0.39, 0.29) is 18.0 Å². The Kier molecular flexibility index (Phi) is 6.12. The zero-order chi connectivity index (χ0) is 18.4. The Morgan fingerprint density at radius 3 is 2.88 bits per heavy atom. The summed E-state index contributed by atoms with van der Waals surface area (Å²) < 4.78 is 0. The van der Waals surface area contributed by atoms with Crippen molar-refractivity contribution >= 4 is 29.4 Å². The highest BCUT2D eigenvalue weighted by atomic mass is 32.2. The normalized spacial score (nSPS) is 16.2. The molecule has 0 radical (unpaired) electrons. The SMILES string of the molecule is CSc1ccccc1NC(=O)N(Cc1cccnc1)CC1CCC(=O)N1. The Morgan fingerprint density at radius 1 is 1.35 bits per heavy atom. The van der Waals surface area contributed by atoms with E-state index < -0.39 is 0 Å². The van der Waals surface area contributed by atoms with Crippen LogP contribution < -0.4 is 10.6 Å². The van der Waals surface area contributed by atoms with Crippen molar-refractivity contribution in [3.05, 3.63) is 54.4 Å². The molecule has 136 valence electrons. The van der Waals surface area contributed by atoms with Crippen molar-refractivity contribution in [2.45, 2.75) is 30.3 Å². The summed E-state index contributed by atoms with van der Waals surface area (Å²) in [4.78, 5) is 31.3. The second-order valence-corrected chi connectivity index (χ2v) is 7.02. The van der Waals surface area contributed by atoms with Gasteiger partial charge in [0.05, 0.1) is 5.69 Å². The Labute approximate surface area is 157 Å². The molecule has 1 aromatic heterocycles. The summed E-state index contributed by atoms with van der Waals surface area (Å²) in [5, 5.41) is 5.93. The molecule has 3 amide bonds. The molecule has 2 aromatic rings. The first kappa shape index (κ1) is 18.3. The molecule has 1 atom stereocenters. The molecule has 0 spiro atoms. The third kappa shape index (κ3) is 4.76. The number of nitrogens with one attached hydrogen (secondary N) is 2. The molecule has 1 aliphatic heterocycles. The molecule has 3 rings (SSSR count). The highest BCUT2D eigenvalue weighted by Crippen LogP contribution is 2.25. The topological polar surface area (TPSA) is 74.3 Å². The smallest absolute Gasteiger partial charge is 0.322 e. The highest BCUT2D eigenvalue weighted by Gasteiger charge is 2.25. The van der Waals surface area contributed by atoms with Gasteiger partial charge in [0.2, 0.25) is 5.91 Å². The van der Waals surface area contributed by atoms with Crippen LogP contribution in [0.2, 0.25) is 0 Å². The number of hydrogen-bond donors (Lipinski definition) is 2. The lowest BCUT2D eigenvalue weighted by Crippen LogP contribution is -2.43. The number of anilines is 1. The molecule has 7 heteroatoms. The van der Waals surface area contributed by atoms with Crippen LogP contribution in [0.1, 0.15) is 18.4 Å².